The second-order valence-corrected chi connectivity index (χ2v) is 9.58. The minimum Gasteiger partial charge on any atom is -0.342 e. The number of piperidine rings is 3. The Morgan fingerprint density at radius 2 is 1.33 bits per heavy atom. The van der Waals surface area contributed by atoms with E-state index in [2.05, 4.69) is 6.92 Å². The first-order valence-electron chi connectivity index (χ1n) is 9.52. The van der Waals surface area contributed by atoms with Gasteiger partial charge in [0.2, 0.25) is 5.91 Å². The van der Waals surface area contributed by atoms with Crippen LogP contribution in [0.15, 0.2) is 0 Å². The summed E-state index contributed by atoms with van der Waals surface area (Å²) in [5.41, 5.74) is 0. The van der Waals surface area contributed by atoms with Crippen LogP contribution in [0.4, 0.5) is 0 Å². The number of hydrogen-bond donors (Lipinski definition) is 0. The molecular formula is C17H31N3O3S. The van der Waals surface area contributed by atoms with Crippen molar-refractivity contribution in [1.82, 2.24) is 13.5 Å². The van der Waals surface area contributed by atoms with Gasteiger partial charge in [0, 0.05) is 45.2 Å². The molecule has 0 N–H and O–H groups in total. The number of nitrogens with zero attached hydrogens (tertiary/aromatic N) is 3. The zero-order valence-corrected chi connectivity index (χ0v) is 15.6. The molecule has 6 nitrogen and oxygen atoms in total. The molecule has 0 radical (unpaired) electrons. The quantitative estimate of drug-likeness (QED) is 0.772. The maximum Gasteiger partial charge on any atom is 0.281 e. The lowest BCUT2D eigenvalue weighted by Gasteiger charge is -2.38. The molecule has 3 aliphatic rings. The largest absolute Gasteiger partial charge is 0.342 e. The minimum absolute atomic E-state index is 0.00575. The molecule has 3 fully saturated rings. The van der Waals surface area contributed by atoms with Crippen LogP contribution >= 0.6 is 0 Å². The molecule has 0 bridgehead atoms. The third kappa shape index (κ3) is 3.94. The van der Waals surface area contributed by atoms with Crippen LogP contribution in [-0.4, -0.2) is 67.1 Å². The molecule has 3 heterocycles. The van der Waals surface area contributed by atoms with Crippen LogP contribution in [-0.2, 0) is 15.0 Å². The van der Waals surface area contributed by atoms with Crippen LogP contribution in [0.1, 0.15) is 51.9 Å². The van der Waals surface area contributed by atoms with E-state index in [0.29, 0.717) is 44.9 Å². The average molecular weight is 358 g/mol. The van der Waals surface area contributed by atoms with Crippen molar-refractivity contribution in [2.45, 2.75) is 51.9 Å². The zero-order valence-electron chi connectivity index (χ0n) is 14.8. The van der Waals surface area contributed by atoms with E-state index in [4.69, 9.17) is 0 Å². The van der Waals surface area contributed by atoms with E-state index in [0.717, 1.165) is 45.2 Å². The first kappa shape index (κ1) is 18.1. The predicted molar refractivity (Wildman–Crippen MR) is 93.6 cm³/mol. The number of amides is 1. The summed E-state index contributed by atoms with van der Waals surface area (Å²) in [5, 5.41) is 0. The molecule has 0 saturated carbocycles. The number of carbonyl (C=O) groups excluding carboxylic acids is 1. The summed E-state index contributed by atoms with van der Waals surface area (Å²) in [6.45, 7) is 6.24. The SMILES string of the molecule is CC1CCN(C(=O)C2CCN(S(=O)(=O)N3CCCCC3)CC2)CC1. The summed E-state index contributed by atoms with van der Waals surface area (Å²) in [6, 6.07) is 0. The highest BCUT2D eigenvalue weighted by Crippen LogP contribution is 2.26. The fourth-order valence-electron chi connectivity index (χ4n) is 4.08. The minimum atomic E-state index is -3.32. The van der Waals surface area contributed by atoms with Crippen molar-refractivity contribution in [3.05, 3.63) is 0 Å². The van der Waals surface area contributed by atoms with Gasteiger partial charge < -0.3 is 4.90 Å². The normalized spacial score (nSPS) is 26.6. The smallest absolute Gasteiger partial charge is 0.281 e. The number of likely N-dealkylation sites (tertiary alicyclic amines) is 1. The molecular weight excluding hydrogens is 326 g/mol. The van der Waals surface area contributed by atoms with Gasteiger partial charge >= 0.3 is 0 Å². The first-order valence-corrected chi connectivity index (χ1v) is 10.9. The highest BCUT2D eigenvalue weighted by atomic mass is 32.2. The molecule has 0 spiro atoms. The van der Waals surface area contributed by atoms with Crippen molar-refractivity contribution in [3.63, 3.8) is 0 Å². The molecule has 0 aromatic rings. The Morgan fingerprint density at radius 3 is 1.92 bits per heavy atom. The Morgan fingerprint density at radius 1 is 0.792 bits per heavy atom. The van der Waals surface area contributed by atoms with E-state index >= 15 is 0 Å². The van der Waals surface area contributed by atoms with Crippen LogP contribution in [0.25, 0.3) is 0 Å². The van der Waals surface area contributed by atoms with Crippen molar-refractivity contribution in [2.24, 2.45) is 11.8 Å². The molecule has 138 valence electrons. The monoisotopic (exact) mass is 357 g/mol. The van der Waals surface area contributed by atoms with E-state index < -0.39 is 10.2 Å². The third-order valence-corrected chi connectivity index (χ3v) is 7.90. The molecule has 0 aliphatic carbocycles. The molecule has 0 atom stereocenters. The summed E-state index contributed by atoms with van der Waals surface area (Å²) in [6.07, 6.45) is 6.55. The maximum absolute atomic E-state index is 12.7. The standard InChI is InChI=1S/C17H31N3O3S/c1-15-5-11-18(12-6-15)17(21)16-7-13-20(14-8-16)24(22,23)19-9-3-2-4-10-19/h15-16H,2-14H2,1H3. The second kappa shape index (κ2) is 7.70. The second-order valence-electron chi connectivity index (χ2n) is 7.65. The summed E-state index contributed by atoms with van der Waals surface area (Å²) in [4.78, 5) is 14.7. The average Bonchev–Trinajstić information content (AvgIpc) is 2.62. The summed E-state index contributed by atoms with van der Waals surface area (Å²) >= 11 is 0. The van der Waals surface area contributed by atoms with Crippen molar-refractivity contribution in [3.8, 4) is 0 Å². The van der Waals surface area contributed by atoms with Gasteiger partial charge in [-0.1, -0.05) is 13.3 Å². The molecule has 0 aromatic heterocycles. The van der Waals surface area contributed by atoms with Gasteiger partial charge in [0.25, 0.3) is 10.2 Å². The fourth-order valence-corrected chi connectivity index (χ4v) is 5.80. The third-order valence-electron chi connectivity index (χ3n) is 5.87. The Labute approximate surface area is 146 Å². The Kier molecular flexibility index (Phi) is 5.82. The number of carbonyl (C=O) groups is 1. The summed E-state index contributed by atoms with van der Waals surface area (Å²) in [5.74, 6) is 0.966. The van der Waals surface area contributed by atoms with E-state index in [9.17, 15) is 13.2 Å². The first-order chi connectivity index (χ1) is 11.5. The lowest BCUT2D eigenvalue weighted by atomic mass is 9.93. The van der Waals surface area contributed by atoms with E-state index in [-0.39, 0.29) is 11.8 Å². The van der Waals surface area contributed by atoms with E-state index in [1.54, 1.807) is 8.61 Å². The van der Waals surface area contributed by atoms with Crippen LogP contribution in [0, 0.1) is 11.8 Å². The lowest BCUT2D eigenvalue weighted by Crippen LogP contribution is -2.50. The highest BCUT2D eigenvalue weighted by molar-refractivity contribution is 7.86. The van der Waals surface area contributed by atoms with Crippen LogP contribution in [0.3, 0.4) is 0 Å². The molecule has 3 aliphatic heterocycles. The lowest BCUT2D eigenvalue weighted by molar-refractivity contribution is -0.138. The molecule has 7 heteroatoms. The van der Waals surface area contributed by atoms with Gasteiger partial charge in [-0.15, -0.1) is 0 Å². The molecule has 3 saturated heterocycles. The van der Waals surface area contributed by atoms with E-state index in [1.165, 1.54) is 0 Å². The van der Waals surface area contributed by atoms with E-state index in [1.807, 2.05) is 4.90 Å². The van der Waals surface area contributed by atoms with Crippen LogP contribution in [0.5, 0.6) is 0 Å². The van der Waals surface area contributed by atoms with Crippen LogP contribution in [0.2, 0.25) is 0 Å². The Balaban J connectivity index is 1.52. The van der Waals surface area contributed by atoms with Gasteiger partial charge in [0.05, 0.1) is 0 Å². The maximum atomic E-state index is 12.7. The van der Waals surface area contributed by atoms with Crippen LogP contribution < -0.4 is 0 Å². The summed E-state index contributed by atoms with van der Waals surface area (Å²) in [7, 11) is -3.32. The van der Waals surface area contributed by atoms with Gasteiger partial charge in [-0.2, -0.15) is 17.0 Å². The number of rotatable bonds is 3. The van der Waals surface area contributed by atoms with Gasteiger partial charge in [0.1, 0.15) is 0 Å². The molecule has 1 amide bonds. The van der Waals surface area contributed by atoms with Gasteiger partial charge in [-0.25, -0.2) is 0 Å². The van der Waals surface area contributed by atoms with Crippen molar-refractivity contribution in [2.75, 3.05) is 39.3 Å². The molecule has 24 heavy (non-hydrogen) atoms. The topological polar surface area (TPSA) is 60.9 Å². The number of hydrogen-bond acceptors (Lipinski definition) is 3. The Bertz CT molecular complexity index is 529. The van der Waals surface area contributed by atoms with Gasteiger partial charge in [-0.3, -0.25) is 4.79 Å². The predicted octanol–water partition coefficient (Wildman–Crippen LogP) is 1.69. The summed E-state index contributed by atoms with van der Waals surface area (Å²) < 4.78 is 28.7. The highest BCUT2D eigenvalue weighted by Gasteiger charge is 2.36. The zero-order chi connectivity index (χ0) is 17.2. The Hall–Kier alpha value is -0.660. The van der Waals surface area contributed by atoms with Crippen molar-refractivity contribution < 1.29 is 13.2 Å². The fraction of sp³-hybridized carbons (Fsp3) is 0.941. The van der Waals surface area contributed by atoms with Crippen molar-refractivity contribution >= 4 is 16.1 Å². The van der Waals surface area contributed by atoms with Crippen molar-refractivity contribution in [1.29, 1.82) is 0 Å². The molecule has 0 unspecified atom stereocenters. The molecule has 0 aromatic carbocycles. The molecule has 3 rings (SSSR count). The van der Waals surface area contributed by atoms with Gasteiger partial charge in [-0.05, 0) is 44.4 Å². The van der Waals surface area contributed by atoms with Gasteiger partial charge in [0.15, 0.2) is 0 Å².